The molecule has 4 aromatic rings. The van der Waals surface area contributed by atoms with Gasteiger partial charge in [-0.3, -0.25) is 19.8 Å². The summed E-state index contributed by atoms with van der Waals surface area (Å²) in [7, 11) is 0. The van der Waals surface area contributed by atoms with Crippen molar-refractivity contribution in [2.75, 3.05) is 52.4 Å². The third-order valence-electron chi connectivity index (χ3n) is 8.92. The first kappa shape index (κ1) is 38.7. The number of ether oxygens (including phenoxy) is 2. The Morgan fingerprint density at radius 3 is 2.10 bits per heavy atom. The summed E-state index contributed by atoms with van der Waals surface area (Å²) in [5, 5.41) is 26.3. The molecule has 280 valence electrons. The summed E-state index contributed by atoms with van der Waals surface area (Å²) in [6, 6.07) is 13.8. The topological polar surface area (TPSA) is 141 Å². The third-order valence-corrected chi connectivity index (χ3v) is 8.92. The highest BCUT2D eigenvalue weighted by Gasteiger charge is 2.34. The second-order valence-electron chi connectivity index (χ2n) is 15.4. The molecule has 5 rings (SSSR count). The highest BCUT2D eigenvalue weighted by atomic mass is 16.6. The van der Waals surface area contributed by atoms with Gasteiger partial charge in [-0.05, 0) is 103 Å². The van der Waals surface area contributed by atoms with Crippen LogP contribution in [0.5, 0.6) is 11.5 Å². The molecule has 0 saturated carbocycles. The van der Waals surface area contributed by atoms with E-state index in [-0.39, 0.29) is 23.6 Å². The molecular formula is C40H54N6O6. The minimum atomic E-state index is -0.746. The molecule has 0 aliphatic carbocycles. The number of rotatable bonds is 5. The van der Waals surface area contributed by atoms with Crippen LogP contribution in [-0.2, 0) is 20.8 Å². The van der Waals surface area contributed by atoms with Gasteiger partial charge in [-0.15, -0.1) is 0 Å². The second kappa shape index (κ2) is 16.9. The van der Waals surface area contributed by atoms with Crippen molar-refractivity contribution in [3.05, 3.63) is 72.1 Å². The molecule has 3 heterocycles. The Balaban J connectivity index is 1.47. The van der Waals surface area contributed by atoms with Gasteiger partial charge in [0.15, 0.2) is 0 Å². The van der Waals surface area contributed by atoms with Crippen LogP contribution in [0, 0.1) is 0 Å². The highest BCUT2D eigenvalue weighted by Crippen LogP contribution is 2.34. The first-order chi connectivity index (χ1) is 24.7. The Morgan fingerprint density at radius 2 is 1.40 bits per heavy atom. The summed E-state index contributed by atoms with van der Waals surface area (Å²) < 4.78 is 11.8. The smallest absolute Gasteiger partial charge is 0.410 e. The molecule has 0 bridgehead atoms. The summed E-state index contributed by atoms with van der Waals surface area (Å²) in [4.78, 5) is 42.6. The Hall–Kier alpha value is -4.52. The molecule has 1 saturated heterocycles. The molecule has 0 radical (unpaired) electrons. The van der Waals surface area contributed by atoms with E-state index in [0.29, 0.717) is 81.7 Å². The highest BCUT2D eigenvalue weighted by molar-refractivity contribution is 5.92. The van der Waals surface area contributed by atoms with Gasteiger partial charge in [-0.1, -0.05) is 24.3 Å². The number of pyridine rings is 2. The first-order valence-corrected chi connectivity index (χ1v) is 18.2. The van der Waals surface area contributed by atoms with Crippen molar-refractivity contribution in [3.8, 4) is 11.5 Å². The maximum Gasteiger partial charge on any atom is 0.410 e. The number of nitrogens with one attached hydrogen (secondary N) is 1. The van der Waals surface area contributed by atoms with Gasteiger partial charge in [0.05, 0.1) is 0 Å². The lowest BCUT2D eigenvalue weighted by Gasteiger charge is -2.35. The molecule has 2 aromatic heterocycles. The van der Waals surface area contributed by atoms with Crippen molar-refractivity contribution in [2.45, 2.75) is 78.2 Å². The molecule has 3 N–H and O–H groups in total. The van der Waals surface area contributed by atoms with E-state index in [1.54, 1.807) is 35.5 Å². The van der Waals surface area contributed by atoms with Crippen LogP contribution in [0.2, 0.25) is 0 Å². The standard InChI is InChI=1S/C40H54N6O6/c1-39(2,3)51-37(49)36(31-14-16-33(48)35-30(31)12-8-19-43-35)45-23-10-21-44(27-28-13-15-32(47)34-29(28)11-7-18-42-34)25-26-46(22-9-17-41-20-24-45)38(50)52-40(4,5)6/h7-8,11-16,18-19,36,41,47-48H,9-10,17,20-27H2,1-6H3. The van der Waals surface area contributed by atoms with Gasteiger partial charge in [0.25, 0.3) is 0 Å². The number of hydrogen-bond acceptors (Lipinski definition) is 11. The lowest BCUT2D eigenvalue weighted by Crippen LogP contribution is -2.45. The second-order valence-corrected chi connectivity index (χ2v) is 15.4. The number of aromatic nitrogens is 2. The fourth-order valence-electron chi connectivity index (χ4n) is 6.61. The minimum absolute atomic E-state index is 0.0537. The van der Waals surface area contributed by atoms with E-state index in [2.05, 4.69) is 25.1 Å². The molecule has 1 unspecified atom stereocenters. The van der Waals surface area contributed by atoms with Gasteiger partial charge >= 0.3 is 12.1 Å². The van der Waals surface area contributed by atoms with Gasteiger partial charge in [-0.2, -0.15) is 0 Å². The van der Waals surface area contributed by atoms with E-state index in [9.17, 15) is 19.8 Å². The van der Waals surface area contributed by atoms with Crippen molar-refractivity contribution in [3.63, 3.8) is 0 Å². The average Bonchev–Trinajstić information content (AvgIpc) is 3.07. The van der Waals surface area contributed by atoms with Crippen LogP contribution in [0.3, 0.4) is 0 Å². The Labute approximate surface area is 306 Å². The number of nitrogens with zero attached hydrogens (tertiary/aromatic N) is 5. The first-order valence-electron chi connectivity index (χ1n) is 18.2. The van der Waals surface area contributed by atoms with Gasteiger partial charge in [0.1, 0.15) is 39.8 Å². The van der Waals surface area contributed by atoms with E-state index in [1.807, 2.05) is 71.9 Å². The number of fused-ring (bicyclic) bond motifs is 2. The van der Waals surface area contributed by atoms with Crippen molar-refractivity contribution in [1.82, 2.24) is 30.0 Å². The summed E-state index contributed by atoms with van der Waals surface area (Å²) >= 11 is 0. The number of phenols is 2. The molecule has 1 aliphatic rings. The predicted octanol–water partition coefficient (Wildman–Crippen LogP) is 6.00. The zero-order chi connectivity index (χ0) is 37.5. The largest absolute Gasteiger partial charge is 0.506 e. The normalized spacial score (nSPS) is 17.1. The molecule has 12 heteroatoms. The van der Waals surface area contributed by atoms with Crippen molar-refractivity contribution >= 4 is 33.9 Å². The Bertz CT molecular complexity index is 1840. The van der Waals surface area contributed by atoms with Crippen LogP contribution in [0.1, 0.15) is 71.6 Å². The summed E-state index contributed by atoms with van der Waals surface area (Å²) in [5.41, 5.74) is 1.40. The summed E-state index contributed by atoms with van der Waals surface area (Å²) in [6.07, 6.45) is 4.39. The fourth-order valence-corrected chi connectivity index (χ4v) is 6.61. The quantitative estimate of drug-likeness (QED) is 0.210. The maximum atomic E-state index is 14.2. The van der Waals surface area contributed by atoms with Crippen LogP contribution in [0.15, 0.2) is 60.9 Å². The molecule has 1 amide bonds. The molecule has 1 fully saturated rings. The van der Waals surface area contributed by atoms with Gasteiger partial charge in [0, 0.05) is 69.0 Å². The number of esters is 1. The molecule has 52 heavy (non-hydrogen) atoms. The Morgan fingerprint density at radius 1 is 0.750 bits per heavy atom. The third kappa shape index (κ3) is 10.3. The maximum absolute atomic E-state index is 14.2. The van der Waals surface area contributed by atoms with Crippen molar-refractivity contribution < 1.29 is 29.3 Å². The van der Waals surface area contributed by atoms with Crippen molar-refractivity contribution in [1.29, 1.82) is 0 Å². The molecule has 12 nitrogen and oxygen atoms in total. The molecule has 1 atom stereocenters. The number of aromatic hydroxyl groups is 2. The van der Waals surface area contributed by atoms with E-state index in [4.69, 9.17) is 9.47 Å². The monoisotopic (exact) mass is 714 g/mol. The lowest BCUT2D eigenvalue weighted by atomic mass is 9.98. The number of amides is 1. The van der Waals surface area contributed by atoms with E-state index >= 15 is 0 Å². The average molecular weight is 715 g/mol. The fraction of sp³-hybridized carbons (Fsp3) is 0.500. The van der Waals surface area contributed by atoms with Gasteiger partial charge in [0.2, 0.25) is 0 Å². The van der Waals surface area contributed by atoms with Crippen LogP contribution in [-0.4, -0.2) is 111 Å². The molecule has 2 aromatic carbocycles. The van der Waals surface area contributed by atoms with Crippen LogP contribution >= 0.6 is 0 Å². The lowest BCUT2D eigenvalue weighted by molar-refractivity contribution is -0.161. The number of benzene rings is 2. The SMILES string of the molecule is CC(C)(C)OC(=O)C(c1ccc(O)c2ncccc12)N1CCCN(Cc2ccc(O)c3ncccc23)CCN(C(=O)OC(C)(C)C)CCCNCC1. The van der Waals surface area contributed by atoms with E-state index in [0.717, 1.165) is 22.9 Å². The summed E-state index contributed by atoms with van der Waals surface area (Å²) in [5.74, 6) is -0.179. The number of hydrogen-bond donors (Lipinski definition) is 3. The van der Waals surface area contributed by atoms with E-state index in [1.165, 1.54) is 0 Å². The van der Waals surface area contributed by atoms with Crippen LogP contribution in [0.4, 0.5) is 4.79 Å². The number of phenolic OH excluding ortho intramolecular Hbond substituents is 2. The van der Waals surface area contributed by atoms with Crippen LogP contribution < -0.4 is 5.32 Å². The van der Waals surface area contributed by atoms with Gasteiger partial charge in [-0.25, -0.2) is 9.59 Å². The molecular weight excluding hydrogens is 660 g/mol. The number of carbonyl (C=O) groups is 2. The van der Waals surface area contributed by atoms with Crippen molar-refractivity contribution in [2.24, 2.45) is 0 Å². The van der Waals surface area contributed by atoms with Gasteiger partial charge < -0.3 is 29.9 Å². The predicted molar refractivity (Wildman–Crippen MR) is 202 cm³/mol. The minimum Gasteiger partial charge on any atom is -0.506 e. The molecule has 1 aliphatic heterocycles. The summed E-state index contributed by atoms with van der Waals surface area (Å²) in [6.45, 7) is 16.4. The zero-order valence-corrected chi connectivity index (χ0v) is 31.4. The zero-order valence-electron chi connectivity index (χ0n) is 31.4. The number of carbonyl (C=O) groups excluding carboxylic acids is 2. The Kier molecular flexibility index (Phi) is 12.6. The molecule has 0 spiro atoms. The van der Waals surface area contributed by atoms with E-state index < -0.39 is 17.2 Å². The van der Waals surface area contributed by atoms with Crippen LogP contribution in [0.25, 0.3) is 21.8 Å².